The molecular formula is C24H31FO2. The molecular weight excluding hydrogens is 339 g/mol. The average Bonchev–Trinajstić information content (AvgIpc) is 2.62. The molecule has 27 heavy (non-hydrogen) atoms. The van der Waals surface area contributed by atoms with E-state index in [0.717, 1.165) is 17.5 Å². The van der Waals surface area contributed by atoms with Crippen LogP contribution in [0, 0.1) is 17.2 Å². The third-order valence-electron chi connectivity index (χ3n) is 4.94. The van der Waals surface area contributed by atoms with Crippen LogP contribution in [0.15, 0.2) is 49.1 Å². The Kier molecular flexibility index (Phi) is 6.83. The summed E-state index contributed by atoms with van der Waals surface area (Å²) in [5.41, 5.74) is 3.21. The largest absolute Gasteiger partial charge is 0.497 e. The number of ether oxygens (including phenoxy) is 2. The van der Waals surface area contributed by atoms with E-state index in [2.05, 4.69) is 46.4 Å². The van der Waals surface area contributed by atoms with Gasteiger partial charge in [-0.05, 0) is 47.2 Å². The van der Waals surface area contributed by atoms with E-state index in [1.807, 2.05) is 12.1 Å². The Balaban J connectivity index is 2.72. The molecule has 0 aromatic heterocycles. The second kappa shape index (κ2) is 8.71. The third-order valence-corrected chi connectivity index (χ3v) is 4.94. The fourth-order valence-electron chi connectivity index (χ4n) is 3.45. The van der Waals surface area contributed by atoms with Gasteiger partial charge in [0.15, 0.2) is 0 Å². The first-order valence-electron chi connectivity index (χ1n) is 9.36. The topological polar surface area (TPSA) is 18.5 Å². The highest BCUT2D eigenvalue weighted by Crippen LogP contribution is 2.43. The standard InChI is InChI=1S/C24H31FO2/c1-8-24(4,5)23(27-7)21-14-17(13-16(2)3)9-11-19(21)20-15-18(26-6)10-12-22(20)25/h8-12,14-16,23H,1,13H2,2-7H3/t23-/m1/s1. The number of hydrogen-bond donors (Lipinski definition) is 0. The molecule has 2 nitrogen and oxygen atoms in total. The molecule has 0 aliphatic heterocycles. The zero-order valence-corrected chi connectivity index (χ0v) is 17.3. The highest BCUT2D eigenvalue weighted by Gasteiger charge is 2.31. The van der Waals surface area contributed by atoms with Gasteiger partial charge in [0.1, 0.15) is 11.6 Å². The van der Waals surface area contributed by atoms with E-state index in [-0.39, 0.29) is 17.3 Å². The predicted molar refractivity (Wildman–Crippen MR) is 111 cm³/mol. The van der Waals surface area contributed by atoms with Crippen molar-refractivity contribution in [3.05, 3.63) is 66.0 Å². The minimum Gasteiger partial charge on any atom is -0.497 e. The average molecular weight is 371 g/mol. The lowest BCUT2D eigenvalue weighted by molar-refractivity contribution is 0.0306. The summed E-state index contributed by atoms with van der Waals surface area (Å²) in [5, 5.41) is 0. The summed E-state index contributed by atoms with van der Waals surface area (Å²) in [6.45, 7) is 12.5. The minimum atomic E-state index is -0.310. The Morgan fingerprint density at radius 3 is 2.33 bits per heavy atom. The summed E-state index contributed by atoms with van der Waals surface area (Å²) >= 11 is 0. The maximum atomic E-state index is 14.7. The van der Waals surface area contributed by atoms with Crippen LogP contribution in [0.1, 0.15) is 44.9 Å². The molecule has 1 atom stereocenters. The van der Waals surface area contributed by atoms with Crippen molar-refractivity contribution in [2.45, 2.75) is 40.2 Å². The third kappa shape index (κ3) is 4.78. The van der Waals surface area contributed by atoms with Gasteiger partial charge in [-0.2, -0.15) is 0 Å². The molecule has 146 valence electrons. The van der Waals surface area contributed by atoms with E-state index in [4.69, 9.17) is 9.47 Å². The number of rotatable bonds is 8. The summed E-state index contributed by atoms with van der Waals surface area (Å²) in [6, 6.07) is 11.0. The fourth-order valence-corrected chi connectivity index (χ4v) is 3.45. The normalized spacial score (nSPS) is 12.9. The van der Waals surface area contributed by atoms with Crippen LogP contribution in [0.3, 0.4) is 0 Å². The molecule has 0 bridgehead atoms. The van der Waals surface area contributed by atoms with Crippen molar-refractivity contribution in [1.29, 1.82) is 0 Å². The molecule has 2 aromatic carbocycles. The first-order valence-corrected chi connectivity index (χ1v) is 9.36. The molecule has 0 N–H and O–H groups in total. The molecule has 0 saturated carbocycles. The monoisotopic (exact) mass is 370 g/mol. The summed E-state index contributed by atoms with van der Waals surface area (Å²) in [5.74, 6) is 0.881. The van der Waals surface area contributed by atoms with Crippen LogP contribution in [0.5, 0.6) is 5.75 Å². The van der Waals surface area contributed by atoms with Gasteiger partial charge in [0.2, 0.25) is 0 Å². The molecule has 0 amide bonds. The Bertz CT molecular complexity index is 793. The maximum absolute atomic E-state index is 14.7. The maximum Gasteiger partial charge on any atom is 0.131 e. The van der Waals surface area contributed by atoms with Gasteiger partial charge in [-0.1, -0.05) is 52.0 Å². The molecule has 0 aliphatic rings. The Hall–Kier alpha value is -2.13. The van der Waals surface area contributed by atoms with Crippen molar-refractivity contribution in [3.63, 3.8) is 0 Å². The van der Waals surface area contributed by atoms with E-state index in [1.165, 1.54) is 11.6 Å². The van der Waals surface area contributed by atoms with E-state index in [9.17, 15) is 4.39 Å². The molecule has 0 radical (unpaired) electrons. The van der Waals surface area contributed by atoms with Crippen LogP contribution >= 0.6 is 0 Å². The molecule has 2 rings (SSSR count). The molecule has 0 spiro atoms. The first kappa shape index (κ1) is 21.2. The predicted octanol–water partition coefficient (Wildman–Crippen LogP) is 6.60. The van der Waals surface area contributed by atoms with Crippen LogP contribution in [-0.2, 0) is 11.2 Å². The van der Waals surface area contributed by atoms with Crippen LogP contribution in [0.2, 0.25) is 0 Å². The van der Waals surface area contributed by atoms with Crippen LogP contribution < -0.4 is 4.74 Å². The van der Waals surface area contributed by atoms with Crippen molar-refractivity contribution in [2.75, 3.05) is 14.2 Å². The summed E-state index contributed by atoms with van der Waals surface area (Å²) in [6.07, 6.45) is 2.60. The van der Waals surface area contributed by atoms with Crippen molar-refractivity contribution >= 4 is 0 Å². The Morgan fingerprint density at radius 1 is 1.07 bits per heavy atom. The summed E-state index contributed by atoms with van der Waals surface area (Å²) in [4.78, 5) is 0. The Labute approximate surface area is 163 Å². The number of methoxy groups -OCH3 is 2. The minimum absolute atomic E-state index is 0.247. The van der Waals surface area contributed by atoms with Crippen molar-refractivity contribution in [1.82, 2.24) is 0 Å². The highest BCUT2D eigenvalue weighted by atomic mass is 19.1. The molecule has 0 heterocycles. The number of benzene rings is 2. The number of halogens is 1. The van der Waals surface area contributed by atoms with Crippen molar-refractivity contribution in [3.8, 4) is 16.9 Å². The van der Waals surface area contributed by atoms with Gasteiger partial charge in [0.05, 0.1) is 13.2 Å². The summed E-state index contributed by atoms with van der Waals surface area (Å²) < 4.78 is 25.9. The lowest BCUT2D eigenvalue weighted by atomic mass is 9.79. The fraction of sp³-hybridized carbons (Fsp3) is 0.417. The van der Waals surface area contributed by atoms with E-state index >= 15 is 0 Å². The van der Waals surface area contributed by atoms with Gasteiger partial charge in [-0.3, -0.25) is 0 Å². The molecule has 2 aromatic rings. The Morgan fingerprint density at radius 2 is 1.78 bits per heavy atom. The zero-order chi connectivity index (χ0) is 20.2. The second-order valence-corrected chi connectivity index (χ2v) is 8.01. The highest BCUT2D eigenvalue weighted by molar-refractivity contribution is 5.70. The van der Waals surface area contributed by atoms with Crippen molar-refractivity contribution < 1.29 is 13.9 Å². The second-order valence-electron chi connectivity index (χ2n) is 8.01. The van der Waals surface area contributed by atoms with Gasteiger partial charge < -0.3 is 9.47 Å². The molecule has 3 heteroatoms. The van der Waals surface area contributed by atoms with Crippen LogP contribution in [0.25, 0.3) is 11.1 Å². The lowest BCUT2D eigenvalue weighted by Gasteiger charge is -2.32. The van der Waals surface area contributed by atoms with Gasteiger partial charge >= 0.3 is 0 Å². The van der Waals surface area contributed by atoms with E-state index < -0.39 is 0 Å². The van der Waals surface area contributed by atoms with Crippen LogP contribution in [0.4, 0.5) is 4.39 Å². The number of hydrogen-bond acceptors (Lipinski definition) is 2. The van der Waals surface area contributed by atoms with E-state index in [1.54, 1.807) is 26.4 Å². The van der Waals surface area contributed by atoms with Gasteiger partial charge in [0.25, 0.3) is 0 Å². The van der Waals surface area contributed by atoms with E-state index in [0.29, 0.717) is 17.2 Å². The van der Waals surface area contributed by atoms with Crippen molar-refractivity contribution in [2.24, 2.45) is 11.3 Å². The summed E-state index contributed by atoms with van der Waals surface area (Å²) in [7, 11) is 3.28. The zero-order valence-electron chi connectivity index (χ0n) is 17.3. The molecule has 0 saturated heterocycles. The molecule has 0 unspecified atom stereocenters. The van der Waals surface area contributed by atoms with Gasteiger partial charge in [-0.25, -0.2) is 4.39 Å². The quantitative estimate of drug-likeness (QED) is 0.487. The van der Waals surface area contributed by atoms with Gasteiger partial charge in [0, 0.05) is 18.1 Å². The van der Waals surface area contributed by atoms with Gasteiger partial charge in [-0.15, -0.1) is 6.58 Å². The molecule has 0 aliphatic carbocycles. The van der Waals surface area contributed by atoms with Crippen LogP contribution in [-0.4, -0.2) is 14.2 Å². The smallest absolute Gasteiger partial charge is 0.131 e. The first-order chi connectivity index (χ1) is 12.7. The lowest BCUT2D eigenvalue weighted by Crippen LogP contribution is -2.22. The SMILES string of the molecule is C=CC(C)(C)[C@H](OC)c1cc(CC(C)C)ccc1-c1cc(OC)ccc1F. The molecule has 0 fully saturated rings.